The van der Waals surface area contributed by atoms with Gasteiger partial charge in [0.15, 0.2) is 5.78 Å². The van der Waals surface area contributed by atoms with E-state index in [1.165, 1.54) is 5.56 Å². The van der Waals surface area contributed by atoms with E-state index in [-0.39, 0.29) is 11.5 Å². The Balaban J connectivity index is 1.56. The number of fused-ring (bicyclic) bond motifs is 2. The maximum atomic E-state index is 13.3. The highest BCUT2D eigenvalue weighted by Gasteiger charge is 2.24. The van der Waals surface area contributed by atoms with Gasteiger partial charge in [0.05, 0.1) is 11.3 Å². The minimum Gasteiger partial charge on any atom is -0.508 e. The number of hydrogen-bond donors (Lipinski definition) is 3. The largest absolute Gasteiger partial charge is 0.508 e. The Labute approximate surface area is 188 Å². The van der Waals surface area contributed by atoms with Gasteiger partial charge in [-0.15, -0.1) is 0 Å². The van der Waals surface area contributed by atoms with E-state index in [0.717, 1.165) is 54.8 Å². The summed E-state index contributed by atoms with van der Waals surface area (Å²) in [4.78, 5) is 17.7. The number of nitrogens with zero attached hydrogens (tertiary/aromatic N) is 1. The number of rotatable bonds is 8. The van der Waals surface area contributed by atoms with Crippen LogP contribution < -0.4 is 10.6 Å². The van der Waals surface area contributed by atoms with E-state index < -0.39 is 0 Å². The highest BCUT2D eigenvalue weighted by atomic mass is 16.5. The molecule has 166 valence electrons. The van der Waals surface area contributed by atoms with Crippen LogP contribution in [0.5, 0.6) is 5.75 Å². The average Bonchev–Trinajstić information content (AvgIpc) is 2.92. The second-order valence-electron chi connectivity index (χ2n) is 8.23. The Morgan fingerprint density at radius 2 is 1.97 bits per heavy atom. The van der Waals surface area contributed by atoms with Crippen LogP contribution in [0.25, 0.3) is 0 Å². The molecule has 0 bridgehead atoms. The smallest absolute Gasteiger partial charge is 0.173 e. The van der Waals surface area contributed by atoms with Gasteiger partial charge in [-0.2, -0.15) is 0 Å². The van der Waals surface area contributed by atoms with Gasteiger partial charge in [0.1, 0.15) is 11.6 Å². The number of phenols is 1. The molecule has 0 atom stereocenters. The molecule has 0 saturated heterocycles. The number of nitrogens with one attached hydrogen (secondary N) is 2. The van der Waals surface area contributed by atoms with E-state index in [1.807, 2.05) is 19.1 Å². The molecule has 2 heterocycles. The number of hydrogen-bond acceptors (Lipinski definition) is 6. The lowest BCUT2D eigenvalue weighted by Gasteiger charge is -2.15. The molecule has 0 saturated carbocycles. The monoisotopic (exact) mass is 431 g/mol. The molecule has 3 N–H and O–H groups in total. The molecule has 1 aromatic heterocycles. The molecule has 0 spiro atoms. The minimum atomic E-state index is 0.0110. The number of aryl methyl sites for hydroxylation is 2. The third-order valence-corrected chi connectivity index (χ3v) is 5.81. The lowest BCUT2D eigenvalue weighted by atomic mass is 9.99. The molecular weight excluding hydrogens is 402 g/mol. The van der Waals surface area contributed by atoms with Crippen molar-refractivity contribution in [1.29, 1.82) is 0 Å². The van der Waals surface area contributed by atoms with E-state index in [0.29, 0.717) is 23.5 Å². The first kappa shape index (κ1) is 21.8. The first-order chi connectivity index (χ1) is 15.5. The SMILES string of the molecule is COCCCCCc1ccc2c(c1)CC(=O)c1c(Nc3cc(O)ccc3C)ccnc1N2. The highest BCUT2D eigenvalue weighted by molar-refractivity contribution is 6.09. The summed E-state index contributed by atoms with van der Waals surface area (Å²) in [5, 5.41) is 16.5. The Morgan fingerprint density at radius 3 is 2.81 bits per heavy atom. The molecule has 0 fully saturated rings. The van der Waals surface area contributed by atoms with E-state index in [9.17, 15) is 9.90 Å². The van der Waals surface area contributed by atoms with Crippen LogP contribution in [-0.4, -0.2) is 29.6 Å². The number of benzene rings is 2. The first-order valence-corrected chi connectivity index (χ1v) is 11.0. The number of pyridine rings is 1. The maximum absolute atomic E-state index is 13.3. The predicted molar refractivity (Wildman–Crippen MR) is 128 cm³/mol. The molecular formula is C26H29N3O3. The van der Waals surface area contributed by atoms with Gasteiger partial charge in [-0.3, -0.25) is 4.79 Å². The number of Topliss-reactive ketones (excluding diaryl/α,β-unsaturated/α-hetero) is 1. The molecule has 3 aromatic rings. The standard InChI is InChI=1S/C26H29N3O3/c1-17-7-9-20(30)16-23(17)28-22-11-12-27-26-25(22)24(31)15-19-14-18(8-10-21(19)29-26)6-4-3-5-13-32-2/h7-12,14,16,30H,3-6,13,15H2,1-2H3,(H2,27,28,29). The zero-order valence-electron chi connectivity index (χ0n) is 18.6. The summed E-state index contributed by atoms with van der Waals surface area (Å²) < 4.78 is 5.12. The third-order valence-electron chi connectivity index (χ3n) is 5.81. The van der Waals surface area contributed by atoms with Gasteiger partial charge in [-0.05, 0) is 61.1 Å². The number of carbonyl (C=O) groups excluding carboxylic acids is 1. The van der Waals surface area contributed by atoms with Crippen molar-refractivity contribution in [2.45, 2.75) is 39.0 Å². The molecule has 0 unspecified atom stereocenters. The lowest BCUT2D eigenvalue weighted by molar-refractivity contribution is 0.0995. The lowest BCUT2D eigenvalue weighted by Crippen LogP contribution is -2.08. The van der Waals surface area contributed by atoms with Crippen LogP contribution in [0, 0.1) is 6.92 Å². The second-order valence-corrected chi connectivity index (χ2v) is 8.23. The molecule has 32 heavy (non-hydrogen) atoms. The van der Waals surface area contributed by atoms with Crippen LogP contribution in [0.4, 0.5) is 22.9 Å². The summed E-state index contributed by atoms with van der Waals surface area (Å²) in [6.45, 7) is 2.75. The van der Waals surface area contributed by atoms with E-state index >= 15 is 0 Å². The van der Waals surface area contributed by atoms with Crippen molar-refractivity contribution < 1.29 is 14.6 Å². The van der Waals surface area contributed by atoms with Crippen LogP contribution in [0.3, 0.4) is 0 Å². The van der Waals surface area contributed by atoms with Crippen molar-refractivity contribution in [3.8, 4) is 5.75 Å². The van der Waals surface area contributed by atoms with Gasteiger partial charge in [-0.25, -0.2) is 4.98 Å². The van der Waals surface area contributed by atoms with Crippen LogP contribution in [0.15, 0.2) is 48.7 Å². The van der Waals surface area contributed by atoms with Crippen molar-refractivity contribution in [3.63, 3.8) is 0 Å². The zero-order chi connectivity index (χ0) is 22.5. The fraction of sp³-hybridized carbons (Fsp3) is 0.308. The van der Waals surface area contributed by atoms with Gasteiger partial charge in [0.2, 0.25) is 0 Å². The Kier molecular flexibility index (Phi) is 6.71. The third kappa shape index (κ3) is 4.92. The maximum Gasteiger partial charge on any atom is 0.173 e. The van der Waals surface area contributed by atoms with Crippen molar-refractivity contribution in [2.24, 2.45) is 0 Å². The molecule has 0 amide bonds. The van der Waals surface area contributed by atoms with Gasteiger partial charge >= 0.3 is 0 Å². The Hall–Kier alpha value is -3.38. The number of ether oxygens (including phenoxy) is 1. The summed E-state index contributed by atoms with van der Waals surface area (Å²) >= 11 is 0. The van der Waals surface area contributed by atoms with E-state index in [1.54, 1.807) is 31.5 Å². The van der Waals surface area contributed by atoms with E-state index in [4.69, 9.17) is 4.74 Å². The summed E-state index contributed by atoms with van der Waals surface area (Å²) in [7, 11) is 1.73. The van der Waals surface area contributed by atoms with Crippen LogP contribution in [-0.2, 0) is 17.6 Å². The van der Waals surface area contributed by atoms with Crippen molar-refractivity contribution in [2.75, 3.05) is 24.4 Å². The quantitative estimate of drug-likeness (QED) is 0.398. The molecule has 0 radical (unpaired) electrons. The number of aromatic nitrogens is 1. The number of unbranched alkanes of at least 4 members (excludes halogenated alkanes) is 2. The van der Waals surface area contributed by atoms with E-state index in [2.05, 4.69) is 27.8 Å². The average molecular weight is 432 g/mol. The fourth-order valence-corrected chi connectivity index (χ4v) is 4.04. The van der Waals surface area contributed by atoms with Gasteiger partial charge < -0.3 is 20.5 Å². The number of phenolic OH excluding ortho intramolecular Hbond substituents is 1. The summed E-state index contributed by atoms with van der Waals surface area (Å²) in [5.74, 6) is 0.727. The molecule has 1 aliphatic heterocycles. The molecule has 1 aliphatic rings. The van der Waals surface area contributed by atoms with Crippen LogP contribution in [0.1, 0.15) is 46.3 Å². The molecule has 6 nitrogen and oxygen atoms in total. The van der Waals surface area contributed by atoms with Gasteiger partial charge in [0, 0.05) is 43.8 Å². The number of anilines is 4. The predicted octanol–water partition coefficient (Wildman–Crippen LogP) is 5.68. The first-order valence-electron chi connectivity index (χ1n) is 11.0. The van der Waals surface area contributed by atoms with Crippen molar-refractivity contribution in [1.82, 2.24) is 4.98 Å². The van der Waals surface area contributed by atoms with Gasteiger partial charge in [-0.1, -0.05) is 24.6 Å². The van der Waals surface area contributed by atoms with Crippen LogP contribution in [0.2, 0.25) is 0 Å². The second kappa shape index (κ2) is 9.83. The number of ketones is 1. The van der Waals surface area contributed by atoms with Crippen LogP contribution >= 0.6 is 0 Å². The molecule has 2 aromatic carbocycles. The zero-order valence-corrected chi connectivity index (χ0v) is 18.6. The molecule has 4 rings (SSSR count). The summed E-state index contributed by atoms with van der Waals surface area (Å²) in [6, 6.07) is 13.2. The molecule has 0 aliphatic carbocycles. The van der Waals surface area contributed by atoms with Crippen molar-refractivity contribution in [3.05, 3.63) is 70.9 Å². The summed E-state index contributed by atoms with van der Waals surface area (Å²) in [5.41, 5.74) is 6.08. The molecule has 6 heteroatoms. The Morgan fingerprint density at radius 1 is 1.09 bits per heavy atom. The number of aromatic hydroxyl groups is 1. The number of carbonyl (C=O) groups is 1. The Bertz CT molecular complexity index is 1130. The fourth-order valence-electron chi connectivity index (χ4n) is 4.04. The topological polar surface area (TPSA) is 83.5 Å². The minimum absolute atomic E-state index is 0.0110. The van der Waals surface area contributed by atoms with Gasteiger partial charge in [0.25, 0.3) is 0 Å². The van der Waals surface area contributed by atoms with Crippen molar-refractivity contribution >= 4 is 28.7 Å². The number of methoxy groups -OCH3 is 1. The summed E-state index contributed by atoms with van der Waals surface area (Å²) in [6.07, 6.45) is 6.27. The normalized spacial score (nSPS) is 12.5. The highest BCUT2D eigenvalue weighted by Crippen LogP contribution is 2.35.